The van der Waals surface area contributed by atoms with E-state index in [9.17, 15) is 14.4 Å². The molecule has 0 fully saturated rings. The third kappa shape index (κ3) is 8.37. The fourth-order valence-corrected chi connectivity index (χ4v) is 3.31. The largest absolute Gasteiger partial charge is 0.461 e. The summed E-state index contributed by atoms with van der Waals surface area (Å²) in [6, 6.07) is 8.43. The summed E-state index contributed by atoms with van der Waals surface area (Å²) in [5.74, 6) is -3.03. The van der Waals surface area contributed by atoms with Gasteiger partial charge < -0.3 is 10.1 Å². The minimum Gasteiger partial charge on any atom is -0.461 e. The summed E-state index contributed by atoms with van der Waals surface area (Å²) in [4.78, 5) is 38.0. The third-order valence-electron chi connectivity index (χ3n) is 4.65. The second kappa shape index (κ2) is 12.8. The fourth-order valence-electron chi connectivity index (χ4n) is 3.31. The lowest BCUT2D eigenvalue weighted by molar-refractivity contribution is -0.152. The molecule has 0 aromatic heterocycles. The average Bonchev–Trinajstić information content (AvgIpc) is 2.69. The Morgan fingerprint density at radius 2 is 1.70 bits per heavy atom. The molecule has 3 atom stereocenters. The molecule has 1 rings (SSSR count). The second-order valence-corrected chi connectivity index (χ2v) is 8.08. The predicted octanol–water partition coefficient (Wildman–Crippen LogP) is 3.03. The zero-order valence-electron chi connectivity index (χ0n) is 18.3. The topological polar surface area (TPSA) is 105 Å². The molecule has 7 heteroatoms. The van der Waals surface area contributed by atoms with Gasteiger partial charge in [0.05, 0.1) is 17.9 Å². The van der Waals surface area contributed by atoms with Gasteiger partial charge in [-0.2, -0.15) is 0 Å². The molecule has 0 bridgehead atoms. The first-order valence-corrected chi connectivity index (χ1v) is 10.3. The van der Waals surface area contributed by atoms with Crippen molar-refractivity contribution in [1.29, 1.82) is 0 Å². The van der Waals surface area contributed by atoms with Crippen LogP contribution in [0.25, 0.3) is 0 Å². The van der Waals surface area contributed by atoms with Crippen LogP contribution in [0.1, 0.15) is 46.1 Å². The molecule has 0 aliphatic heterocycles. The second-order valence-electron chi connectivity index (χ2n) is 8.08. The van der Waals surface area contributed by atoms with Crippen LogP contribution in [0.15, 0.2) is 43.0 Å². The number of rotatable bonds is 12. The number of hydrogen-bond acceptors (Lipinski definition) is 5. The molecule has 0 aliphatic carbocycles. The highest BCUT2D eigenvalue weighted by molar-refractivity contribution is 5.90. The summed E-state index contributed by atoms with van der Waals surface area (Å²) < 4.78 is 5.33. The number of nitrogens with one attached hydrogen (secondary N) is 2. The van der Waals surface area contributed by atoms with Gasteiger partial charge in [-0.25, -0.2) is 10.3 Å². The van der Waals surface area contributed by atoms with E-state index in [0.717, 1.165) is 5.56 Å². The molecule has 3 N–H and O–H groups in total. The van der Waals surface area contributed by atoms with E-state index in [1.807, 2.05) is 44.2 Å². The van der Waals surface area contributed by atoms with Gasteiger partial charge in [0.25, 0.3) is 0 Å². The molecule has 7 nitrogen and oxygen atoms in total. The van der Waals surface area contributed by atoms with E-state index >= 15 is 0 Å². The van der Waals surface area contributed by atoms with Gasteiger partial charge in [0.15, 0.2) is 0 Å². The molecule has 2 amide bonds. The molecule has 0 spiro atoms. The standard InChI is InChI=1S/C23H34N2O5/c1-6-10-18(22(27)25-29)19(13-15(2)3)21(26)24-20(23(28)30-16(4)5)14-17-11-8-7-9-12-17/h6-9,11-12,15-16,18-20,29H,1,10,13-14H2,2-5H3,(H,24,26)(H,25,27)/t18-,19+,20-/m0/s1. The monoisotopic (exact) mass is 418 g/mol. The molecule has 0 heterocycles. The SMILES string of the molecule is C=CC[C@H](C(=O)NO)[C@@H](CC(C)C)C(=O)N[C@@H](Cc1ccccc1)C(=O)OC(C)C. The van der Waals surface area contributed by atoms with E-state index < -0.39 is 35.7 Å². The molecule has 0 unspecified atom stereocenters. The Bertz CT molecular complexity index is 703. The van der Waals surface area contributed by atoms with Gasteiger partial charge in [-0.05, 0) is 38.2 Å². The van der Waals surface area contributed by atoms with Gasteiger partial charge in [-0.15, -0.1) is 6.58 Å². The van der Waals surface area contributed by atoms with Gasteiger partial charge in [0, 0.05) is 6.42 Å². The first kappa shape index (κ1) is 25.4. The van der Waals surface area contributed by atoms with Crippen molar-refractivity contribution in [1.82, 2.24) is 10.8 Å². The molecule has 1 aromatic rings. The van der Waals surface area contributed by atoms with E-state index in [1.165, 1.54) is 6.08 Å². The van der Waals surface area contributed by atoms with E-state index in [-0.39, 0.29) is 24.9 Å². The van der Waals surface area contributed by atoms with Gasteiger partial charge >= 0.3 is 5.97 Å². The lowest BCUT2D eigenvalue weighted by atomic mass is 9.82. The van der Waals surface area contributed by atoms with Crippen molar-refractivity contribution < 1.29 is 24.3 Å². The third-order valence-corrected chi connectivity index (χ3v) is 4.65. The maximum Gasteiger partial charge on any atom is 0.329 e. The van der Waals surface area contributed by atoms with Crippen molar-refractivity contribution in [3.05, 3.63) is 48.6 Å². The molecule has 0 saturated carbocycles. The van der Waals surface area contributed by atoms with Gasteiger partial charge in [-0.1, -0.05) is 50.3 Å². The summed E-state index contributed by atoms with van der Waals surface area (Å²) in [5.41, 5.74) is 2.52. The van der Waals surface area contributed by atoms with Crippen molar-refractivity contribution >= 4 is 17.8 Å². The number of ether oxygens (including phenoxy) is 1. The lowest BCUT2D eigenvalue weighted by Crippen LogP contribution is -2.49. The highest BCUT2D eigenvalue weighted by Crippen LogP contribution is 2.25. The Balaban J connectivity index is 3.13. The predicted molar refractivity (Wildman–Crippen MR) is 114 cm³/mol. The van der Waals surface area contributed by atoms with Gasteiger partial charge in [0.2, 0.25) is 11.8 Å². The molecular weight excluding hydrogens is 384 g/mol. The minimum absolute atomic E-state index is 0.120. The number of amides is 2. The van der Waals surface area contributed by atoms with Crippen molar-refractivity contribution in [2.45, 2.75) is 59.1 Å². The molecule has 1 aromatic carbocycles. The Kier molecular flexibility index (Phi) is 10.8. The van der Waals surface area contributed by atoms with Gasteiger partial charge in [-0.3, -0.25) is 14.8 Å². The number of carbonyl (C=O) groups excluding carboxylic acids is 3. The highest BCUT2D eigenvalue weighted by atomic mass is 16.5. The zero-order valence-corrected chi connectivity index (χ0v) is 18.3. The molecular formula is C23H34N2O5. The summed E-state index contributed by atoms with van der Waals surface area (Å²) in [6.07, 6.45) is 2.11. The zero-order chi connectivity index (χ0) is 22.7. The molecule has 30 heavy (non-hydrogen) atoms. The van der Waals surface area contributed by atoms with Crippen LogP contribution in [0.2, 0.25) is 0 Å². The Labute approximate surface area is 178 Å². The van der Waals surface area contributed by atoms with Crippen molar-refractivity contribution in [3.8, 4) is 0 Å². The van der Waals surface area contributed by atoms with E-state index in [2.05, 4.69) is 11.9 Å². The van der Waals surface area contributed by atoms with Crippen LogP contribution in [0, 0.1) is 17.8 Å². The van der Waals surface area contributed by atoms with Crippen molar-refractivity contribution in [2.24, 2.45) is 17.8 Å². The number of allylic oxidation sites excluding steroid dienone is 1. The van der Waals surface area contributed by atoms with Gasteiger partial charge in [0.1, 0.15) is 6.04 Å². The first-order chi connectivity index (χ1) is 14.2. The summed E-state index contributed by atoms with van der Waals surface area (Å²) in [7, 11) is 0. The number of hydrogen-bond donors (Lipinski definition) is 3. The van der Waals surface area contributed by atoms with Crippen LogP contribution >= 0.6 is 0 Å². The van der Waals surface area contributed by atoms with Crippen LogP contribution in [-0.4, -0.2) is 35.1 Å². The molecule has 166 valence electrons. The van der Waals surface area contributed by atoms with Crippen LogP contribution in [-0.2, 0) is 25.5 Å². The van der Waals surface area contributed by atoms with E-state index in [0.29, 0.717) is 6.42 Å². The van der Waals surface area contributed by atoms with E-state index in [4.69, 9.17) is 9.94 Å². The quantitative estimate of drug-likeness (QED) is 0.209. The first-order valence-electron chi connectivity index (χ1n) is 10.3. The van der Waals surface area contributed by atoms with Crippen LogP contribution in [0.3, 0.4) is 0 Å². The average molecular weight is 419 g/mol. The molecule has 0 radical (unpaired) electrons. The number of carbonyl (C=O) groups is 3. The van der Waals surface area contributed by atoms with Crippen molar-refractivity contribution in [2.75, 3.05) is 0 Å². The van der Waals surface area contributed by atoms with Crippen LogP contribution in [0.4, 0.5) is 0 Å². The van der Waals surface area contributed by atoms with Crippen LogP contribution in [0.5, 0.6) is 0 Å². The number of hydroxylamine groups is 1. The lowest BCUT2D eigenvalue weighted by Gasteiger charge is -2.28. The van der Waals surface area contributed by atoms with Crippen LogP contribution < -0.4 is 10.8 Å². The number of esters is 1. The maximum atomic E-state index is 13.2. The summed E-state index contributed by atoms with van der Waals surface area (Å²) in [5, 5.41) is 11.9. The minimum atomic E-state index is -0.890. The Morgan fingerprint density at radius 3 is 2.20 bits per heavy atom. The maximum absolute atomic E-state index is 13.2. The Morgan fingerprint density at radius 1 is 1.07 bits per heavy atom. The fraction of sp³-hybridized carbons (Fsp3) is 0.522. The number of benzene rings is 1. The molecule has 0 saturated heterocycles. The molecule has 0 aliphatic rings. The van der Waals surface area contributed by atoms with Crippen molar-refractivity contribution in [3.63, 3.8) is 0 Å². The summed E-state index contributed by atoms with van der Waals surface area (Å²) in [6.45, 7) is 11.0. The normalized spacial score (nSPS) is 14.0. The van der Waals surface area contributed by atoms with E-state index in [1.54, 1.807) is 19.3 Å². The Hall–Kier alpha value is -2.67. The highest BCUT2D eigenvalue weighted by Gasteiger charge is 2.35. The smallest absolute Gasteiger partial charge is 0.329 e. The summed E-state index contributed by atoms with van der Waals surface area (Å²) >= 11 is 0.